The summed E-state index contributed by atoms with van der Waals surface area (Å²) >= 11 is 0. The lowest BCUT2D eigenvalue weighted by Gasteiger charge is -2.50. The molecule has 0 radical (unpaired) electrons. The first kappa shape index (κ1) is 16.0. The molecule has 26 heavy (non-hydrogen) atoms. The number of rotatable bonds is 2. The van der Waals surface area contributed by atoms with Crippen molar-refractivity contribution in [2.75, 3.05) is 44.2 Å². The topological polar surface area (TPSA) is 82.2 Å². The van der Waals surface area contributed by atoms with E-state index in [0.717, 1.165) is 45.0 Å². The van der Waals surface area contributed by atoms with Gasteiger partial charge in [-0.25, -0.2) is 0 Å². The van der Waals surface area contributed by atoms with Gasteiger partial charge in [0.25, 0.3) is 0 Å². The Hall–Kier alpha value is -2.25. The number of carbonyl (C=O) groups excluding carboxylic acids is 2. The molecule has 0 saturated carbocycles. The minimum Gasteiger partial charge on any atom is -0.323 e. The number of fused-ring (bicyclic) bond motifs is 1. The summed E-state index contributed by atoms with van der Waals surface area (Å²) in [6.07, 6.45) is 0.611. The number of nitrogens with two attached hydrogens (primary N) is 1. The van der Waals surface area contributed by atoms with E-state index in [4.69, 9.17) is 5.84 Å². The van der Waals surface area contributed by atoms with Gasteiger partial charge in [0.05, 0.1) is 16.8 Å². The molecule has 5 heterocycles. The van der Waals surface area contributed by atoms with Crippen LogP contribution in [0.5, 0.6) is 0 Å². The van der Waals surface area contributed by atoms with Crippen LogP contribution in [-0.2, 0) is 15.0 Å². The molecule has 136 valence electrons. The Bertz CT molecular complexity index is 771. The first-order chi connectivity index (χ1) is 12.6. The van der Waals surface area contributed by atoms with Gasteiger partial charge in [0.15, 0.2) is 0 Å². The van der Waals surface area contributed by atoms with Crippen LogP contribution in [0.1, 0.15) is 18.4 Å². The number of carbonyl (C=O) groups is 2. The maximum Gasteiger partial charge on any atom is 0.234 e. The third kappa shape index (κ3) is 2.17. The number of piperidine rings is 2. The van der Waals surface area contributed by atoms with E-state index < -0.39 is 0 Å². The van der Waals surface area contributed by atoms with Crippen LogP contribution in [0.2, 0.25) is 0 Å². The van der Waals surface area contributed by atoms with Gasteiger partial charge in [-0.3, -0.25) is 14.5 Å². The van der Waals surface area contributed by atoms with Crippen molar-refractivity contribution in [1.82, 2.24) is 9.80 Å². The molecule has 2 amide bonds. The molecule has 0 aliphatic carbocycles. The van der Waals surface area contributed by atoms with Crippen molar-refractivity contribution in [2.45, 2.75) is 18.3 Å². The van der Waals surface area contributed by atoms with Gasteiger partial charge in [0.2, 0.25) is 11.8 Å². The summed E-state index contributed by atoms with van der Waals surface area (Å²) in [7, 11) is 0. The van der Waals surface area contributed by atoms with Crippen LogP contribution in [0.15, 0.2) is 29.4 Å². The molecule has 0 spiro atoms. The fourth-order valence-electron chi connectivity index (χ4n) is 5.33. The summed E-state index contributed by atoms with van der Waals surface area (Å²) in [5.74, 6) is 6.00. The molecule has 2 atom stereocenters. The molecule has 2 unspecified atom stereocenters. The highest BCUT2D eigenvalue weighted by Gasteiger charge is 2.53. The van der Waals surface area contributed by atoms with Gasteiger partial charge in [-0.15, -0.1) is 0 Å². The van der Waals surface area contributed by atoms with Gasteiger partial charge in [-0.05, 0) is 17.7 Å². The Morgan fingerprint density at radius 1 is 0.962 bits per heavy atom. The molecular formula is C19H23N5O2. The minimum absolute atomic E-state index is 0.115. The monoisotopic (exact) mass is 353 g/mol. The lowest BCUT2D eigenvalue weighted by Crippen LogP contribution is -2.64. The van der Waals surface area contributed by atoms with Gasteiger partial charge in [-0.1, -0.05) is 12.1 Å². The molecule has 1 aromatic rings. The van der Waals surface area contributed by atoms with E-state index in [0.29, 0.717) is 24.4 Å². The van der Waals surface area contributed by atoms with Crippen molar-refractivity contribution in [3.63, 3.8) is 0 Å². The summed E-state index contributed by atoms with van der Waals surface area (Å²) in [5.41, 5.74) is 2.75. The predicted molar refractivity (Wildman–Crippen MR) is 97.8 cm³/mol. The molecular weight excluding hydrogens is 330 g/mol. The zero-order chi connectivity index (χ0) is 17.9. The Kier molecular flexibility index (Phi) is 3.45. The summed E-state index contributed by atoms with van der Waals surface area (Å²) in [4.78, 5) is 30.3. The number of nitrogens with zero attached hydrogens (tertiary/aromatic N) is 4. The Morgan fingerprint density at radius 2 is 1.54 bits per heavy atom. The number of benzene rings is 1. The summed E-state index contributed by atoms with van der Waals surface area (Å²) in [6.45, 7) is 6.09. The molecule has 4 bridgehead atoms. The number of amides is 2. The molecule has 7 heteroatoms. The van der Waals surface area contributed by atoms with Crippen LogP contribution in [0.3, 0.4) is 0 Å². The highest BCUT2D eigenvalue weighted by molar-refractivity contribution is 6.19. The van der Waals surface area contributed by atoms with Crippen molar-refractivity contribution in [2.24, 2.45) is 16.9 Å². The second kappa shape index (κ2) is 5.62. The Labute approximate surface area is 152 Å². The third-order valence-electron chi connectivity index (χ3n) is 6.42. The molecule has 7 nitrogen and oxygen atoms in total. The SMILES string of the molecule is N/N=C1/C2CN3CCN(C2)CC1(c1ccc(N2C(=O)CCC2=O)cc1)C3. The van der Waals surface area contributed by atoms with Crippen molar-refractivity contribution in [3.05, 3.63) is 29.8 Å². The number of hydrogen-bond acceptors (Lipinski definition) is 6. The quantitative estimate of drug-likeness (QED) is 0.465. The zero-order valence-corrected chi connectivity index (χ0v) is 14.7. The standard InChI is InChI=1S/C19H23N5O2/c20-21-18-13-9-22-7-8-23(10-13)12-19(18,11-22)14-1-3-15(4-2-14)24-16(25)5-6-17(24)26/h1-4,13H,5-12,20H2/b21-18-. The predicted octanol–water partition coefficient (Wildman–Crippen LogP) is 0.154. The third-order valence-corrected chi connectivity index (χ3v) is 6.42. The minimum atomic E-state index is -0.191. The van der Waals surface area contributed by atoms with E-state index in [1.165, 1.54) is 10.5 Å². The Balaban J connectivity index is 1.54. The molecule has 6 rings (SSSR count). The average molecular weight is 353 g/mol. The van der Waals surface area contributed by atoms with E-state index in [9.17, 15) is 9.59 Å². The van der Waals surface area contributed by atoms with Gasteiger partial charge < -0.3 is 15.6 Å². The van der Waals surface area contributed by atoms with E-state index in [1.54, 1.807) is 0 Å². The molecule has 0 aromatic heterocycles. The van der Waals surface area contributed by atoms with Gasteiger partial charge in [-0.2, -0.15) is 5.10 Å². The molecule has 5 aliphatic heterocycles. The van der Waals surface area contributed by atoms with Crippen LogP contribution in [0.25, 0.3) is 0 Å². The van der Waals surface area contributed by atoms with Crippen LogP contribution in [0.4, 0.5) is 5.69 Å². The van der Waals surface area contributed by atoms with Crippen molar-refractivity contribution < 1.29 is 9.59 Å². The summed E-state index contributed by atoms with van der Waals surface area (Å²) < 4.78 is 0. The summed E-state index contributed by atoms with van der Waals surface area (Å²) in [5, 5.41) is 4.25. The van der Waals surface area contributed by atoms with E-state index in [1.807, 2.05) is 12.1 Å². The van der Waals surface area contributed by atoms with Crippen LogP contribution < -0.4 is 10.7 Å². The number of hydrogen-bond donors (Lipinski definition) is 1. The lowest BCUT2D eigenvalue weighted by molar-refractivity contribution is -0.121. The Morgan fingerprint density at radius 3 is 2.08 bits per heavy atom. The second-order valence-corrected chi connectivity index (χ2v) is 7.93. The smallest absolute Gasteiger partial charge is 0.234 e. The van der Waals surface area contributed by atoms with Crippen LogP contribution in [-0.4, -0.2) is 66.6 Å². The van der Waals surface area contributed by atoms with Crippen molar-refractivity contribution in [3.8, 4) is 0 Å². The number of anilines is 1. The summed E-state index contributed by atoms with van der Waals surface area (Å²) in [6, 6.07) is 7.89. The number of imide groups is 1. The van der Waals surface area contributed by atoms with Gasteiger partial charge >= 0.3 is 0 Å². The fourth-order valence-corrected chi connectivity index (χ4v) is 5.33. The van der Waals surface area contributed by atoms with E-state index in [-0.39, 0.29) is 17.2 Å². The molecule has 1 aromatic carbocycles. The molecule has 2 N–H and O–H groups in total. The lowest BCUT2D eigenvalue weighted by atomic mass is 9.66. The largest absolute Gasteiger partial charge is 0.323 e. The van der Waals surface area contributed by atoms with Gasteiger partial charge in [0, 0.05) is 58.0 Å². The maximum atomic E-state index is 12.0. The second-order valence-electron chi connectivity index (χ2n) is 7.93. The first-order valence-electron chi connectivity index (χ1n) is 9.30. The van der Waals surface area contributed by atoms with Crippen molar-refractivity contribution >= 4 is 23.2 Å². The molecule has 5 fully saturated rings. The fraction of sp³-hybridized carbons (Fsp3) is 0.526. The molecule has 5 saturated heterocycles. The number of hydrazone groups is 1. The van der Waals surface area contributed by atoms with E-state index >= 15 is 0 Å². The van der Waals surface area contributed by atoms with Crippen molar-refractivity contribution in [1.29, 1.82) is 0 Å². The van der Waals surface area contributed by atoms with Crippen LogP contribution >= 0.6 is 0 Å². The highest BCUT2D eigenvalue weighted by Crippen LogP contribution is 2.41. The van der Waals surface area contributed by atoms with Crippen LogP contribution in [0, 0.1) is 5.92 Å². The maximum absolute atomic E-state index is 12.0. The molecule has 5 aliphatic rings. The normalized spacial score (nSPS) is 37.6. The van der Waals surface area contributed by atoms with E-state index in [2.05, 4.69) is 27.0 Å². The average Bonchev–Trinajstić information content (AvgIpc) is 2.79. The zero-order valence-electron chi connectivity index (χ0n) is 14.7. The van der Waals surface area contributed by atoms with Gasteiger partial charge in [0.1, 0.15) is 0 Å². The highest BCUT2D eigenvalue weighted by atomic mass is 16.2. The first-order valence-corrected chi connectivity index (χ1v) is 9.30.